The standard InChI is InChI=1S/C38H35N5O6/c1-46-29-17-13-27(14-18-29)38(26-11-7-4-8-12-26,28-15-19-30(47-2)20-16-28)48-23-34-32(44)21-33(49-34)31-22-41-43-35(31)39-24-40-37(43)42-36(45)25-9-5-3-6-10-25/h3-20,22,24,32-34,44H,21,23H2,1-2H3,(H,39,40,42,45)/t32-,33+,34+/m0/s1. The van der Waals surface area contributed by atoms with Gasteiger partial charge in [0.25, 0.3) is 5.91 Å². The number of anilines is 1. The Balaban J connectivity index is 1.18. The van der Waals surface area contributed by atoms with Gasteiger partial charge in [-0.25, -0.2) is 9.97 Å². The molecule has 0 unspecified atom stereocenters. The van der Waals surface area contributed by atoms with Gasteiger partial charge < -0.3 is 24.1 Å². The molecule has 0 spiro atoms. The lowest BCUT2D eigenvalue weighted by atomic mass is 9.80. The van der Waals surface area contributed by atoms with Crippen molar-refractivity contribution in [3.05, 3.63) is 150 Å². The summed E-state index contributed by atoms with van der Waals surface area (Å²) in [4.78, 5) is 21.5. The SMILES string of the molecule is COc1ccc(C(OC[C@H]2O[C@@H](c3cnn4c(NC(=O)c5ccccc5)ncnc34)C[C@@H]2O)(c2ccccc2)c2ccc(OC)cc2)cc1. The van der Waals surface area contributed by atoms with Crippen LogP contribution in [0, 0.1) is 0 Å². The number of aliphatic hydroxyl groups excluding tert-OH is 1. The molecule has 1 fully saturated rings. The highest BCUT2D eigenvalue weighted by Gasteiger charge is 2.42. The van der Waals surface area contributed by atoms with Crippen molar-refractivity contribution < 1.29 is 28.8 Å². The van der Waals surface area contributed by atoms with Crippen LogP contribution in [0.5, 0.6) is 11.5 Å². The highest BCUT2D eigenvalue weighted by Crippen LogP contribution is 2.43. The number of hydrogen-bond donors (Lipinski definition) is 2. The van der Waals surface area contributed by atoms with Crippen molar-refractivity contribution in [2.75, 3.05) is 26.1 Å². The van der Waals surface area contributed by atoms with Crippen molar-refractivity contribution in [1.82, 2.24) is 19.6 Å². The third kappa shape index (κ3) is 6.22. The lowest BCUT2D eigenvalue weighted by Crippen LogP contribution is -2.38. The number of nitrogens with zero attached hydrogens (tertiary/aromatic N) is 4. The summed E-state index contributed by atoms with van der Waals surface area (Å²) in [7, 11) is 3.26. The second-order valence-corrected chi connectivity index (χ2v) is 11.6. The molecule has 0 radical (unpaired) electrons. The fourth-order valence-corrected chi connectivity index (χ4v) is 6.27. The van der Waals surface area contributed by atoms with Crippen LogP contribution in [0.3, 0.4) is 0 Å². The molecular formula is C38H35N5O6. The monoisotopic (exact) mass is 657 g/mol. The van der Waals surface area contributed by atoms with E-state index in [9.17, 15) is 9.90 Å². The molecule has 11 heteroatoms. The van der Waals surface area contributed by atoms with Crippen LogP contribution in [0.25, 0.3) is 5.65 Å². The molecule has 2 aromatic heterocycles. The number of rotatable bonds is 11. The molecule has 6 aromatic rings. The molecule has 248 valence electrons. The van der Waals surface area contributed by atoms with Gasteiger partial charge in [0.2, 0.25) is 5.95 Å². The van der Waals surface area contributed by atoms with E-state index in [0.717, 1.165) is 28.2 Å². The van der Waals surface area contributed by atoms with E-state index in [1.54, 1.807) is 44.7 Å². The number of methoxy groups -OCH3 is 2. The molecule has 49 heavy (non-hydrogen) atoms. The van der Waals surface area contributed by atoms with E-state index in [-0.39, 0.29) is 18.5 Å². The summed E-state index contributed by atoms with van der Waals surface area (Å²) in [5.41, 5.74) is 3.20. The van der Waals surface area contributed by atoms with Gasteiger partial charge >= 0.3 is 0 Å². The van der Waals surface area contributed by atoms with Gasteiger partial charge in [0.15, 0.2) is 5.65 Å². The molecule has 0 aliphatic carbocycles. The molecular weight excluding hydrogens is 622 g/mol. The molecule has 0 bridgehead atoms. The summed E-state index contributed by atoms with van der Waals surface area (Å²) < 4.78 is 25.8. The van der Waals surface area contributed by atoms with Crippen LogP contribution in [-0.2, 0) is 15.1 Å². The average molecular weight is 658 g/mol. The predicted molar refractivity (Wildman–Crippen MR) is 182 cm³/mol. The first-order valence-corrected chi connectivity index (χ1v) is 15.9. The van der Waals surface area contributed by atoms with Crippen LogP contribution in [0.2, 0.25) is 0 Å². The minimum absolute atomic E-state index is 0.0667. The largest absolute Gasteiger partial charge is 0.497 e. The first kappa shape index (κ1) is 32.0. The van der Waals surface area contributed by atoms with Crippen LogP contribution < -0.4 is 14.8 Å². The third-order valence-electron chi connectivity index (χ3n) is 8.80. The zero-order valence-corrected chi connectivity index (χ0v) is 27.0. The second-order valence-electron chi connectivity index (χ2n) is 11.6. The second kappa shape index (κ2) is 13.9. The van der Waals surface area contributed by atoms with Gasteiger partial charge in [-0.2, -0.15) is 9.61 Å². The van der Waals surface area contributed by atoms with Gasteiger partial charge in [0.05, 0.1) is 39.2 Å². The zero-order valence-electron chi connectivity index (χ0n) is 27.0. The lowest BCUT2D eigenvalue weighted by molar-refractivity contribution is -0.0826. The van der Waals surface area contributed by atoms with Crippen LogP contribution in [0.1, 0.15) is 45.1 Å². The maximum Gasteiger partial charge on any atom is 0.258 e. The quantitative estimate of drug-likeness (QED) is 0.171. The Morgan fingerprint density at radius 1 is 0.857 bits per heavy atom. The fourth-order valence-electron chi connectivity index (χ4n) is 6.27. The molecule has 2 N–H and O–H groups in total. The number of amides is 1. The van der Waals surface area contributed by atoms with Crippen molar-refractivity contribution in [3.63, 3.8) is 0 Å². The van der Waals surface area contributed by atoms with Crippen LogP contribution in [0.4, 0.5) is 5.95 Å². The van der Waals surface area contributed by atoms with Crippen LogP contribution in [0.15, 0.2) is 122 Å². The molecule has 1 aliphatic heterocycles. The van der Waals surface area contributed by atoms with Gasteiger partial charge in [-0.05, 0) is 53.1 Å². The minimum atomic E-state index is -1.07. The number of aromatic nitrogens is 4. The number of aliphatic hydroxyl groups is 1. The Morgan fingerprint density at radius 2 is 1.45 bits per heavy atom. The van der Waals surface area contributed by atoms with Gasteiger partial charge in [0.1, 0.15) is 29.5 Å². The average Bonchev–Trinajstić information content (AvgIpc) is 3.76. The third-order valence-corrected chi connectivity index (χ3v) is 8.80. The van der Waals surface area contributed by atoms with Crippen molar-refractivity contribution in [1.29, 1.82) is 0 Å². The maximum atomic E-state index is 12.8. The summed E-state index contributed by atoms with van der Waals surface area (Å²) in [5, 5.41) is 18.6. The number of carbonyl (C=O) groups is 1. The number of nitrogens with one attached hydrogen (secondary N) is 1. The summed E-state index contributed by atoms with van der Waals surface area (Å²) in [6.45, 7) is 0.0667. The molecule has 0 saturated carbocycles. The number of benzene rings is 4. The van der Waals surface area contributed by atoms with Gasteiger partial charge in [0, 0.05) is 17.5 Å². The Bertz CT molecular complexity index is 1970. The van der Waals surface area contributed by atoms with Crippen molar-refractivity contribution >= 4 is 17.5 Å². The Kier molecular flexibility index (Phi) is 9.03. The number of fused-ring (bicyclic) bond motifs is 1. The molecule has 1 amide bonds. The van der Waals surface area contributed by atoms with E-state index in [0.29, 0.717) is 23.2 Å². The van der Waals surface area contributed by atoms with E-state index >= 15 is 0 Å². The molecule has 11 nitrogen and oxygen atoms in total. The highest BCUT2D eigenvalue weighted by molar-refractivity contribution is 6.03. The van der Waals surface area contributed by atoms with E-state index < -0.39 is 23.9 Å². The van der Waals surface area contributed by atoms with E-state index in [1.807, 2.05) is 84.9 Å². The van der Waals surface area contributed by atoms with Crippen LogP contribution >= 0.6 is 0 Å². The van der Waals surface area contributed by atoms with Crippen molar-refractivity contribution in [2.24, 2.45) is 0 Å². The molecule has 7 rings (SSSR count). The van der Waals surface area contributed by atoms with E-state index in [2.05, 4.69) is 20.4 Å². The van der Waals surface area contributed by atoms with Gasteiger partial charge in [-0.1, -0.05) is 72.8 Å². The maximum absolute atomic E-state index is 12.8. The minimum Gasteiger partial charge on any atom is -0.497 e. The molecule has 1 saturated heterocycles. The molecule has 3 atom stereocenters. The molecule has 3 heterocycles. The van der Waals surface area contributed by atoms with Gasteiger partial charge in [-0.15, -0.1) is 0 Å². The Labute approximate surface area is 283 Å². The summed E-state index contributed by atoms with van der Waals surface area (Å²) in [5.74, 6) is 1.34. The lowest BCUT2D eigenvalue weighted by Gasteiger charge is -2.37. The number of ether oxygens (including phenoxy) is 4. The number of hydrogen-bond acceptors (Lipinski definition) is 9. The number of carbonyl (C=O) groups excluding carboxylic acids is 1. The summed E-state index contributed by atoms with van der Waals surface area (Å²) in [6, 6.07) is 34.4. The topological polar surface area (TPSA) is 129 Å². The van der Waals surface area contributed by atoms with E-state index in [1.165, 1.54) is 10.8 Å². The van der Waals surface area contributed by atoms with Gasteiger partial charge in [-0.3, -0.25) is 10.1 Å². The first-order valence-electron chi connectivity index (χ1n) is 15.9. The predicted octanol–water partition coefficient (Wildman–Crippen LogP) is 5.59. The summed E-state index contributed by atoms with van der Waals surface area (Å²) >= 11 is 0. The summed E-state index contributed by atoms with van der Waals surface area (Å²) in [6.07, 6.45) is 1.27. The van der Waals surface area contributed by atoms with Crippen molar-refractivity contribution in [3.8, 4) is 11.5 Å². The first-order chi connectivity index (χ1) is 24.0. The van der Waals surface area contributed by atoms with Crippen molar-refractivity contribution in [2.45, 2.75) is 30.3 Å². The normalized spacial score (nSPS) is 17.6. The highest BCUT2D eigenvalue weighted by atomic mass is 16.6. The molecule has 4 aromatic carbocycles. The van der Waals surface area contributed by atoms with E-state index in [4.69, 9.17) is 18.9 Å². The smallest absolute Gasteiger partial charge is 0.258 e. The van der Waals surface area contributed by atoms with Crippen LogP contribution in [-0.4, -0.2) is 63.6 Å². The fraction of sp³-hybridized carbons (Fsp3) is 0.211. The Morgan fingerprint density at radius 3 is 2.06 bits per heavy atom. The Hall–Kier alpha value is -5.62. The molecule has 1 aliphatic rings. The zero-order chi connectivity index (χ0) is 33.8.